The van der Waals surface area contributed by atoms with Gasteiger partial charge in [-0.25, -0.2) is 8.42 Å². The third-order valence-corrected chi connectivity index (χ3v) is 5.26. The molecule has 1 aliphatic rings. The highest BCUT2D eigenvalue weighted by Gasteiger charge is 2.23. The predicted molar refractivity (Wildman–Crippen MR) is 91.8 cm³/mol. The van der Waals surface area contributed by atoms with E-state index in [1.54, 1.807) is 25.6 Å². The van der Waals surface area contributed by atoms with Crippen molar-refractivity contribution in [2.24, 2.45) is 7.05 Å². The number of hydrogen-bond donors (Lipinski definition) is 3. The average Bonchev–Trinajstić information content (AvgIpc) is 2.68. The maximum absolute atomic E-state index is 12.7. The van der Waals surface area contributed by atoms with Crippen molar-refractivity contribution in [3.05, 3.63) is 29.6 Å². The summed E-state index contributed by atoms with van der Waals surface area (Å²) in [5.41, 5.74) is 2.23. The number of nitrogens with one attached hydrogen (secondary N) is 3. The number of sulfonamides is 1. The zero-order valence-electron chi connectivity index (χ0n) is 13.9. The van der Waals surface area contributed by atoms with E-state index in [9.17, 15) is 18.0 Å². The van der Waals surface area contributed by atoms with Gasteiger partial charge in [0.1, 0.15) is 6.42 Å². The molecule has 3 N–H and O–H groups in total. The Bertz CT molecular complexity index is 994. The van der Waals surface area contributed by atoms with E-state index >= 15 is 0 Å². The van der Waals surface area contributed by atoms with Crippen LogP contribution in [0.5, 0.6) is 0 Å². The molecule has 9 nitrogen and oxygen atoms in total. The van der Waals surface area contributed by atoms with Crippen molar-refractivity contribution in [3.63, 3.8) is 0 Å². The van der Waals surface area contributed by atoms with Crippen LogP contribution in [0.15, 0.2) is 23.1 Å². The van der Waals surface area contributed by atoms with Crippen molar-refractivity contribution >= 4 is 38.9 Å². The fraction of sp³-hybridized carbons (Fsp3) is 0.267. The van der Waals surface area contributed by atoms with Crippen molar-refractivity contribution in [2.75, 3.05) is 15.4 Å². The van der Waals surface area contributed by atoms with Crippen molar-refractivity contribution in [1.29, 1.82) is 0 Å². The number of carbonyl (C=O) groups excluding carboxylic acids is 2. The number of carbonyl (C=O) groups is 2. The number of rotatable bonds is 3. The molecule has 0 aliphatic carbocycles. The van der Waals surface area contributed by atoms with Crippen molar-refractivity contribution in [2.45, 2.75) is 25.2 Å². The third kappa shape index (κ3) is 3.20. The van der Waals surface area contributed by atoms with E-state index in [0.717, 1.165) is 0 Å². The first-order valence-electron chi connectivity index (χ1n) is 7.44. The summed E-state index contributed by atoms with van der Waals surface area (Å²) in [6, 6.07) is 4.11. The SMILES string of the molecule is Cc1nn(C)c(C)c1NS(=O)(=O)c1ccc2c(c1)NC(=O)CC(=O)N2. The Balaban J connectivity index is 1.98. The summed E-state index contributed by atoms with van der Waals surface area (Å²) in [4.78, 5) is 23.2. The Labute approximate surface area is 144 Å². The number of hydrogen-bond acceptors (Lipinski definition) is 5. The van der Waals surface area contributed by atoms with E-state index in [1.165, 1.54) is 18.2 Å². The first-order valence-corrected chi connectivity index (χ1v) is 8.92. The van der Waals surface area contributed by atoms with Crippen LogP contribution in [-0.4, -0.2) is 30.0 Å². The Hall–Kier alpha value is -2.88. The molecule has 25 heavy (non-hydrogen) atoms. The largest absolute Gasteiger partial charge is 0.324 e. The second kappa shape index (κ2) is 5.88. The Morgan fingerprint density at radius 2 is 1.76 bits per heavy atom. The van der Waals surface area contributed by atoms with E-state index in [-0.39, 0.29) is 17.0 Å². The molecule has 0 fully saturated rings. The number of benzene rings is 1. The topological polar surface area (TPSA) is 122 Å². The van der Waals surface area contributed by atoms with Crippen LogP contribution in [-0.2, 0) is 26.7 Å². The van der Waals surface area contributed by atoms with Crippen LogP contribution in [0, 0.1) is 13.8 Å². The lowest BCUT2D eigenvalue weighted by Crippen LogP contribution is -2.16. The molecule has 3 rings (SSSR count). The summed E-state index contributed by atoms with van der Waals surface area (Å²) in [5, 5.41) is 9.25. The van der Waals surface area contributed by atoms with Crippen LogP contribution >= 0.6 is 0 Å². The van der Waals surface area contributed by atoms with Crippen molar-refractivity contribution in [3.8, 4) is 0 Å². The summed E-state index contributed by atoms with van der Waals surface area (Å²) in [5.74, 6) is -0.954. The highest BCUT2D eigenvalue weighted by Crippen LogP contribution is 2.29. The smallest absolute Gasteiger partial charge is 0.262 e. The normalized spacial score (nSPS) is 14.4. The fourth-order valence-corrected chi connectivity index (χ4v) is 3.75. The fourth-order valence-electron chi connectivity index (χ4n) is 2.55. The summed E-state index contributed by atoms with van der Waals surface area (Å²) in [6.07, 6.45) is -0.316. The van der Waals surface area contributed by atoms with E-state index < -0.39 is 21.8 Å². The quantitative estimate of drug-likeness (QED) is 0.705. The van der Waals surface area contributed by atoms with Crippen LogP contribution in [0.1, 0.15) is 17.8 Å². The highest BCUT2D eigenvalue weighted by atomic mass is 32.2. The Morgan fingerprint density at radius 1 is 1.12 bits per heavy atom. The molecule has 0 atom stereocenters. The van der Waals surface area contributed by atoms with Gasteiger partial charge >= 0.3 is 0 Å². The van der Waals surface area contributed by atoms with Gasteiger partial charge in [-0.15, -0.1) is 0 Å². The average molecular weight is 363 g/mol. The minimum Gasteiger partial charge on any atom is -0.324 e. The molecule has 0 bridgehead atoms. The first-order chi connectivity index (χ1) is 11.7. The minimum atomic E-state index is -3.89. The Morgan fingerprint density at radius 3 is 2.36 bits per heavy atom. The van der Waals surface area contributed by atoms with Gasteiger partial charge in [-0.05, 0) is 32.0 Å². The Kier molecular flexibility index (Phi) is 3.99. The summed E-state index contributed by atoms with van der Waals surface area (Å²) in [6.45, 7) is 3.46. The van der Waals surface area contributed by atoms with Crippen LogP contribution in [0.3, 0.4) is 0 Å². The predicted octanol–water partition coefficient (Wildman–Crippen LogP) is 1.12. The van der Waals surface area contributed by atoms with E-state index in [0.29, 0.717) is 22.8 Å². The number of aromatic nitrogens is 2. The van der Waals surface area contributed by atoms with E-state index in [2.05, 4.69) is 20.5 Å². The number of nitrogens with zero attached hydrogens (tertiary/aromatic N) is 2. The number of fused-ring (bicyclic) bond motifs is 1. The van der Waals surface area contributed by atoms with Crippen LogP contribution < -0.4 is 15.4 Å². The van der Waals surface area contributed by atoms with Gasteiger partial charge in [-0.2, -0.15) is 5.10 Å². The zero-order valence-corrected chi connectivity index (χ0v) is 14.7. The lowest BCUT2D eigenvalue weighted by Gasteiger charge is -2.12. The molecular weight excluding hydrogens is 346 g/mol. The maximum Gasteiger partial charge on any atom is 0.262 e. The van der Waals surface area contributed by atoms with Gasteiger partial charge < -0.3 is 10.6 Å². The number of aryl methyl sites for hydroxylation is 2. The van der Waals surface area contributed by atoms with E-state index in [4.69, 9.17) is 0 Å². The summed E-state index contributed by atoms with van der Waals surface area (Å²) in [7, 11) is -2.17. The van der Waals surface area contributed by atoms with Gasteiger partial charge in [0.05, 0.1) is 33.3 Å². The van der Waals surface area contributed by atoms with Gasteiger partial charge in [0.15, 0.2) is 0 Å². The molecule has 2 amide bonds. The van der Waals surface area contributed by atoms with Crippen molar-refractivity contribution in [1.82, 2.24) is 9.78 Å². The molecule has 0 spiro atoms. The second-order valence-corrected chi connectivity index (χ2v) is 7.44. The number of anilines is 3. The molecule has 1 aliphatic heterocycles. The van der Waals surface area contributed by atoms with Crippen LogP contribution in [0.4, 0.5) is 17.1 Å². The molecule has 2 aromatic rings. The van der Waals surface area contributed by atoms with Gasteiger partial charge in [0, 0.05) is 7.05 Å². The van der Waals surface area contributed by atoms with Gasteiger partial charge in [0.2, 0.25) is 11.8 Å². The lowest BCUT2D eigenvalue weighted by atomic mass is 10.2. The van der Waals surface area contributed by atoms with Crippen LogP contribution in [0.2, 0.25) is 0 Å². The molecule has 0 unspecified atom stereocenters. The molecule has 2 heterocycles. The summed E-state index contributed by atoms with van der Waals surface area (Å²) >= 11 is 0. The van der Waals surface area contributed by atoms with Gasteiger partial charge in [-0.1, -0.05) is 0 Å². The van der Waals surface area contributed by atoms with E-state index in [1.807, 2.05) is 0 Å². The minimum absolute atomic E-state index is 0.0367. The second-order valence-electron chi connectivity index (χ2n) is 5.76. The molecule has 10 heteroatoms. The molecule has 132 valence electrons. The number of amides is 2. The van der Waals surface area contributed by atoms with Crippen molar-refractivity contribution < 1.29 is 18.0 Å². The summed E-state index contributed by atoms with van der Waals surface area (Å²) < 4.78 is 29.5. The third-order valence-electron chi connectivity index (χ3n) is 3.92. The lowest BCUT2D eigenvalue weighted by molar-refractivity contribution is -0.123. The zero-order chi connectivity index (χ0) is 18.4. The monoisotopic (exact) mass is 363 g/mol. The van der Waals surface area contributed by atoms with Crippen LogP contribution in [0.25, 0.3) is 0 Å². The molecule has 1 aromatic heterocycles. The first kappa shape index (κ1) is 17.0. The highest BCUT2D eigenvalue weighted by molar-refractivity contribution is 7.92. The van der Waals surface area contributed by atoms with Gasteiger partial charge in [0.25, 0.3) is 10.0 Å². The van der Waals surface area contributed by atoms with Gasteiger partial charge in [-0.3, -0.25) is 19.0 Å². The molecule has 0 saturated heterocycles. The molecule has 0 saturated carbocycles. The maximum atomic E-state index is 12.7. The molecule has 0 radical (unpaired) electrons. The molecule has 1 aromatic carbocycles. The standard InChI is InChI=1S/C15H17N5O4S/c1-8-15(9(2)20(3)18-8)19-25(23,24)10-4-5-11-12(6-10)17-14(22)7-13(21)16-11/h4-6,19H,7H2,1-3H3,(H,16,21)(H,17,22). The molecular formula is C15H17N5O4S.